The van der Waals surface area contributed by atoms with E-state index in [1.807, 2.05) is 24.3 Å². The summed E-state index contributed by atoms with van der Waals surface area (Å²) in [5.74, 6) is 0.895. The van der Waals surface area contributed by atoms with E-state index in [2.05, 4.69) is 15.3 Å². The first-order chi connectivity index (χ1) is 8.43. The van der Waals surface area contributed by atoms with Gasteiger partial charge in [-0.2, -0.15) is 0 Å². The molecule has 1 aromatic heterocycles. The van der Waals surface area contributed by atoms with Crippen molar-refractivity contribution in [3.63, 3.8) is 0 Å². The maximum Gasteiger partial charge on any atom is 0.137 e. The maximum atomic E-state index is 5.58. The molecule has 2 heterocycles. The molecule has 2 aromatic rings. The lowest BCUT2D eigenvalue weighted by Gasteiger charge is -2.12. The van der Waals surface area contributed by atoms with Gasteiger partial charge in [-0.3, -0.25) is 0 Å². The first kappa shape index (κ1) is 10.5. The monoisotopic (exact) mass is 229 g/mol. The van der Waals surface area contributed by atoms with Crippen LogP contribution in [0.2, 0.25) is 0 Å². The van der Waals surface area contributed by atoms with Gasteiger partial charge in [-0.1, -0.05) is 12.1 Å². The highest BCUT2D eigenvalue weighted by Gasteiger charge is 2.15. The van der Waals surface area contributed by atoms with Crippen LogP contribution in [0.5, 0.6) is 0 Å². The number of nitrogens with one attached hydrogen (secondary N) is 1. The van der Waals surface area contributed by atoms with Gasteiger partial charge in [0.15, 0.2) is 0 Å². The van der Waals surface area contributed by atoms with Gasteiger partial charge in [-0.15, -0.1) is 0 Å². The molecule has 0 amide bonds. The Morgan fingerprint density at radius 2 is 2.24 bits per heavy atom. The van der Waals surface area contributed by atoms with Crippen molar-refractivity contribution in [2.45, 2.75) is 18.9 Å². The number of aromatic nitrogens is 2. The molecule has 1 unspecified atom stereocenters. The highest BCUT2D eigenvalue weighted by atomic mass is 16.5. The van der Waals surface area contributed by atoms with Crippen molar-refractivity contribution in [1.82, 2.24) is 9.97 Å². The lowest BCUT2D eigenvalue weighted by Crippen LogP contribution is -2.19. The van der Waals surface area contributed by atoms with Crippen LogP contribution in [0.15, 0.2) is 30.6 Å². The Balaban J connectivity index is 1.79. The molecule has 1 N–H and O–H groups in total. The van der Waals surface area contributed by atoms with Crippen LogP contribution >= 0.6 is 0 Å². The number of para-hydroxylation sites is 1. The van der Waals surface area contributed by atoms with Crippen molar-refractivity contribution in [3.8, 4) is 0 Å². The molecule has 1 fully saturated rings. The van der Waals surface area contributed by atoms with Crippen LogP contribution in [0.3, 0.4) is 0 Å². The fraction of sp³-hybridized carbons (Fsp3) is 0.385. The van der Waals surface area contributed by atoms with E-state index in [1.165, 1.54) is 0 Å². The molecule has 3 rings (SSSR count). The Labute approximate surface area is 100 Å². The Bertz CT molecular complexity index is 503. The van der Waals surface area contributed by atoms with E-state index in [4.69, 9.17) is 4.74 Å². The van der Waals surface area contributed by atoms with E-state index < -0.39 is 0 Å². The summed E-state index contributed by atoms with van der Waals surface area (Å²) in [6, 6.07) is 8.02. The zero-order chi connectivity index (χ0) is 11.5. The van der Waals surface area contributed by atoms with Crippen molar-refractivity contribution in [2.24, 2.45) is 0 Å². The summed E-state index contributed by atoms with van der Waals surface area (Å²) in [6.45, 7) is 1.71. The van der Waals surface area contributed by atoms with Crippen LogP contribution in [-0.2, 0) is 4.74 Å². The van der Waals surface area contributed by atoms with Crippen molar-refractivity contribution in [3.05, 3.63) is 30.6 Å². The molecule has 0 radical (unpaired) electrons. The van der Waals surface area contributed by atoms with Crippen LogP contribution in [-0.4, -0.2) is 29.2 Å². The molecule has 1 aromatic carbocycles. The molecular formula is C13H15N3O. The summed E-state index contributed by atoms with van der Waals surface area (Å²) < 4.78 is 5.58. The molecular weight excluding hydrogens is 214 g/mol. The lowest BCUT2D eigenvalue weighted by molar-refractivity contribution is 0.120. The summed E-state index contributed by atoms with van der Waals surface area (Å²) in [5, 5.41) is 4.42. The number of anilines is 1. The van der Waals surface area contributed by atoms with E-state index in [-0.39, 0.29) is 0 Å². The second-order valence-corrected chi connectivity index (χ2v) is 4.26. The van der Waals surface area contributed by atoms with Gasteiger partial charge < -0.3 is 10.1 Å². The zero-order valence-electron chi connectivity index (χ0n) is 9.60. The third kappa shape index (κ3) is 2.22. The summed E-state index contributed by atoms with van der Waals surface area (Å²) in [6.07, 6.45) is 4.22. The summed E-state index contributed by atoms with van der Waals surface area (Å²) in [7, 11) is 0. The van der Waals surface area contributed by atoms with E-state index >= 15 is 0 Å². The van der Waals surface area contributed by atoms with Gasteiger partial charge in [-0.25, -0.2) is 9.97 Å². The standard InChI is InChI=1S/C13H15N3O/c1-2-6-12-11(5-1)13(16-9-15-12)14-8-10-4-3-7-17-10/h1-2,5-6,9-10H,3-4,7-8H2,(H,14,15,16). The largest absolute Gasteiger partial charge is 0.376 e. The molecule has 0 spiro atoms. The van der Waals surface area contributed by atoms with Crippen LogP contribution < -0.4 is 5.32 Å². The van der Waals surface area contributed by atoms with E-state index in [0.29, 0.717) is 6.10 Å². The van der Waals surface area contributed by atoms with Gasteiger partial charge in [-0.05, 0) is 25.0 Å². The Morgan fingerprint density at radius 3 is 3.12 bits per heavy atom. The molecule has 0 aliphatic carbocycles. The van der Waals surface area contributed by atoms with E-state index in [0.717, 1.165) is 42.7 Å². The topological polar surface area (TPSA) is 47.0 Å². The van der Waals surface area contributed by atoms with Gasteiger partial charge in [0.2, 0.25) is 0 Å². The molecule has 0 saturated carbocycles. The zero-order valence-corrected chi connectivity index (χ0v) is 9.60. The average molecular weight is 229 g/mol. The number of fused-ring (bicyclic) bond motifs is 1. The molecule has 88 valence electrons. The van der Waals surface area contributed by atoms with Crippen molar-refractivity contribution in [2.75, 3.05) is 18.5 Å². The van der Waals surface area contributed by atoms with Crippen molar-refractivity contribution in [1.29, 1.82) is 0 Å². The second-order valence-electron chi connectivity index (χ2n) is 4.26. The molecule has 1 atom stereocenters. The average Bonchev–Trinajstić information content (AvgIpc) is 2.89. The molecule has 4 heteroatoms. The van der Waals surface area contributed by atoms with Crippen LogP contribution in [0.4, 0.5) is 5.82 Å². The number of rotatable bonds is 3. The van der Waals surface area contributed by atoms with Gasteiger partial charge in [0.1, 0.15) is 12.1 Å². The van der Waals surface area contributed by atoms with Crippen LogP contribution in [0.1, 0.15) is 12.8 Å². The highest BCUT2D eigenvalue weighted by molar-refractivity contribution is 5.88. The number of hydrogen-bond acceptors (Lipinski definition) is 4. The molecule has 1 aliphatic rings. The van der Waals surface area contributed by atoms with E-state index in [1.54, 1.807) is 6.33 Å². The molecule has 0 bridgehead atoms. The number of hydrogen-bond donors (Lipinski definition) is 1. The maximum absolute atomic E-state index is 5.58. The van der Waals surface area contributed by atoms with Crippen LogP contribution in [0, 0.1) is 0 Å². The SMILES string of the molecule is c1ccc2c(NCC3CCCO3)ncnc2c1. The summed E-state index contributed by atoms with van der Waals surface area (Å²) in [4.78, 5) is 8.53. The van der Waals surface area contributed by atoms with Gasteiger partial charge >= 0.3 is 0 Å². The minimum Gasteiger partial charge on any atom is -0.376 e. The van der Waals surface area contributed by atoms with Crippen molar-refractivity contribution >= 4 is 16.7 Å². The summed E-state index contributed by atoms with van der Waals surface area (Å²) >= 11 is 0. The lowest BCUT2D eigenvalue weighted by atomic mass is 10.2. The first-order valence-corrected chi connectivity index (χ1v) is 5.99. The van der Waals surface area contributed by atoms with Gasteiger partial charge in [0.25, 0.3) is 0 Å². The molecule has 1 aliphatic heterocycles. The fourth-order valence-electron chi connectivity index (χ4n) is 2.16. The quantitative estimate of drug-likeness (QED) is 0.876. The molecule has 1 saturated heterocycles. The third-order valence-electron chi connectivity index (χ3n) is 3.06. The normalized spacial score (nSPS) is 19.6. The minimum atomic E-state index is 0.323. The Kier molecular flexibility index (Phi) is 2.88. The highest BCUT2D eigenvalue weighted by Crippen LogP contribution is 2.19. The number of nitrogens with zero attached hydrogens (tertiary/aromatic N) is 2. The Hall–Kier alpha value is -1.68. The van der Waals surface area contributed by atoms with Crippen LogP contribution in [0.25, 0.3) is 10.9 Å². The fourth-order valence-corrected chi connectivity index (χ4v) is 2.16. The van der Waals surface area contributed by atoms with Gasteiger partial charge in [0, 0.05) is 18.5 Å². The first-order valence-electron chi connectivity index (χ1n) is 5.99. The predicted molar refractivity (Wildman–Crippen MR) is 67.0 cm³/mol. The second kappa shape index (κ2) is 4.67. The molecule has 17 heavy (non-hydrogen) atoms. The number of ether oxygens (including phenoxy) is 1. The predicted octanol–water partition coefficient (Wildman–Crippen LogP) is 2.22. The molecule has 4 nitrogen and oxygen atoms in total. The van der Waals surface area contributed by atoms with E-state index in [9.17, 15) is 0 Å². The smallest absolute Gasteiger partial charge is 0.137 e. The number of benzene rings is 1. The van der Waals surface area contributed by atoms with Gasteiger partial charge in [0.05, 0.1) is 11.6 Å². The Morgan fingerprint density at radius 1 is 1.29 bits per heavy atom. The third-order valence-corrected chi connectivity index (χ3v) is 3.06. The summed E-state index contributed by atoms with van der Waals surface area (Å²) in [5.41, 5.74) is 0.970. The van der Waals surface area contributed by atoms with Crippen molar-refractivity contribution < 1.29 is 4.74 Å². The minimum absolute atomic E-state index is 0.323.